The molecule has 0 aromatic heterocycles. The average Bonchev–Trinajstić information content (AvgIpc) is 2.30. The van der Waals surface area contributed by atoms with Crippen molar-refractivity contribution in [1.29, 1.82) is 0 Å². The number of carbonyl (C=O) groups is 1. The molecule has 0 aliphatic carbocycles. The summed E-state index contributed by atoms with van der Waals surface area (Å²) in [5.41, 5.74) is 7.31. The zero-order valence-corrected chi connectivity index (χ0v) is 10.4. The molecule has 1 unspecified atom stereocenters. The lowest BCUT2D eigenvalue weighted by Crippen LogP contribution is -2.31. The van der Waals surface area contributed by atoms with Crippen LogP contribution in [0.15, 0.2) is 12.1 Å². The second-order valence-electron chi connectivity index (χ2n) is 4.11. The first-order valence-corrected chi connectivity index (χ1v) is 5.91. The van der Waals surface area contributed by atoms with Crippen molar-refractivity contribution in [3.05, 3.63) is 22.7 Å². The Morgan fingerprint density at radius 2 is 2.35 bits per heavy atom. The van der Waals surface area contributed by atoms with Crippen LogP contribution < -0.4 is 15.8 Å². The monoisotopic (exact) mass is 254 g/mol. The normalized spacial score (nSPS) is 18.5. The fourth-order valence-corrected chi connectivity index (χ4v) is 2.31. The Kier molecular flexibility index (Phi) is 3.54. The van der Waals surface area contributed by atoms with Gasteiger partial charge in [-0.3, -0.25) is 4.79 Å². The maximum absolute atomic E-state index is 11.8. The summed E-state index contributed by atoms with van der Waals surface area (Å²) in [5, 5.41) is 3.36. The minimum absolute atomic E-state index is 0.0178. The Bertz CT molecular complexity index is 448. The maximum atomic E-state index is 11.8. The van der Waals surface area contributed by atoms with Crippen LogP contribution >= 0.6 is 11.6 Å². The predicted octanol–water partition coefficient (Wildman–Crippen LogP) is 1.81. The van der Waals surface area contributed by atoms with Crippen molar-refractivity contribution >= 4 is 23.2 Å². The number of fused-ring (bicyclic) bond motifs is 1. The van der Waals surface area contributed by atoms with Crippen LogP contribution in [0.25, 0.3) is 0 Å². The first kappa shape index (κ1) is 12.2. The summed E-state index contributed by atoms with van der Waals surface area (Å²) in [7, 11) is 1.58. The molecule has 4 nitrogen and oxygen atoms in total. The highest BCUT2D eigenvalue weighted by atomic mass is 35.5. The third-order valence-corrected chi connectivity index (χ3v) is 3.28. The molecule has 1 aliphatic heterocycles. The van der Waals surface area contributed by atoms with Gasteiger partial charge in [-0.05, 0) is 37.1 Å². The number of rotatable bonds is 3. The number of nitrogens with one attached hydrogen (secondary N) is 1. The van der Waals surface area contributed by atoms with E-state index in [0.717, 1.165) is 11.3 Å². The zero-order chi connectivity index (χ0) is 12.4. The summed E-state index contributed by atoms with van der Waals surface area (Å²) in [6.07, 6.45) is 1.38. The fourth-order valence-electron chi connectivity index (χ4n) is 2.06. The van der Waals surface area contributed by atoms with Crippen molar-refractivity contribution in [1.82, 2.24) is 0 Å². The van der Waals surface area contributed by atoms with Crippen molar-refractivity contribution in [2.24, 2.45) is 11.7 Å². The van der Waals surface area contributed by atoms with E-state index in [1.165, 1.54) is 0 Å². The molecule has 0 saturated carbocycles. The van der Waals surface area contributed by atoms with Gasteiger partial charge in [-0.15, -0.1) is 0 Å². The quantitative estimate of drug-likeness (QED) is 0.865. The number of anilines is 1. The van der Waals surface area contributed by atoms with E-state index in [0.29, 0.717) is 30.2 Å². The standard InChI is InChI=1S/C12H15ClN2O2/c1-17-11-5-8-4-7(2-3-14)12(16)15-10(8)6-9(11)13/h5-7H,2-4,14H2,1H3,(H,15,16). The lowest BCUT2D eigenvalue weighted by molar-refractivity contribution is -0.120. The predicted molar refractivity (Wildman–Crippen MR) is 67.5 cm³/mol. The number of benzene rings is 1. The van der Waals surface area contributed by atoms with Crippen LogP contribution in [-0.2, 0) is 11.2 Å². The number of amides is 1. The molecule has 1 heterocycles. The van der Waals surface area contributed by atoms with Crippen LogP contribution in [0.2, 0.25) is 5.02 Å². The number of methoxy groups -OCH3 is 1. The van der Waals surface area contributed by atoms with Crippen molar-refractivity contribution < 1.29 is 9.53 Å². The summed E-state index contributed by atoms with van der Waals surface area (Å²) < 4.78 is 5.16. The molecule has 92 valence electrons. The van der Waals surface area contributed by atoms with Gasteiger partial charge in [-0.1, -0.05) is 11.6 Å². The minimum atomic E-state index is -0.0571. The number of ether oxygens (including phenoxy) is 1. The highest BCUT2D eigenvalue weighted by Crippen LogP contribution is 2.35. The molecule has 1 aromatic carbocycles. The summed E-state index contributed by atoms with van der Waals surface area (Å²) in [6.45, 7) is 0.512. The molecule has 2 rings (SSSR count). The van der Waals surface area contributed by atoms with E-state index < -0.39 is 0 Å². The van der Waals surface area contributed by atoms with Crippen LogP contribution in [0.1, 0.15) is 12.0 Å². The molecule has 1 aromatic rings. The topological polar surface area (TPSA) is 64.3 Å². The SMILES string of the molecule is COc1cc2c(cc1Cl)NC(=O)C(CCN)C2. The van der Waals surface area contributed by atoms with E-state index >= 15 is 0 Å². The molecule has 0 radical (unpaired) electrons. The molecule has 1 atom stereocenters. The molecule has 1 amide bonds. The Balaban J connectivity index is 2.32. The van der Waals surface area contributed by atoms with Gasteiger partial charge in [0.25, 0.3) is 0 Å². The van der Waals surface area contributed by atoms with Crippen molar-refractivity contribution in [2.75, 3.05) is 19.0 Å². The summed E-state index contributed by atoms with van der Waals surface area (Å²) in [4.78, 5) is 11.8. The summed E-state index contributed by atoms with van der Waals surface area (Å²) in [6, 6.07) is 3.60. The van der Waals surface area contributed by atoms with E-state index in [1.54, 1.807) is 13.2 Å². The molecular formula is C12H15ClN2O2. The molecule has 17 heavy (non-hydrogen) atoms. The van der Waals surface area contributed by atoms with E-state index in [4.69, 9.17) is 22.1 Å². The molecule has 0 fully saturated rings. The van der Waals surface area contributed by atoms with Crippen LogP contribution in [-0.4, -0.2) is 19.6 Å². The lowest BCUT2D eigenvalue weighted by atomic mass is 9.90. The molecule has 3 N–H and O–H groups in total. The largest absolute Gasteiger partial charge is 0.495 e. The second-order valence-corrected chi connectivity index (χ2v) is 4.52. The highest BCUT2D eigenvalue weighted by Gasteiger charge is 2.26. The molecular weight excluding hydrogens is 240 g/mol. The van der Waals surface area contributed by atoms with Gasteiger partial charge in [0.2, 0.25) is 5.91 Å². The van der Waals surface area contributed by atoms with Gasteiger partial charge < -0.3 is 15.8 Å². The van der Waals surface area contributed by atoms with Gasteiger partial charge in [0.15, 0.2) is 0 Å². The Morgan fingerprint density at radius 1 is 1.59 bits per heavy atom. The third kappa shape index (κ3) is 2.37. The van der Waals surface area contributed by atoms with Crippen LogP contribution in [0.5, 0.6) is 5.75 Å². The van der Waals surface area contributed by atoms with Crippen molar-refractivity contribution in [3.63, 3.8) is 0 Å². The second kappa shape index (κ2) is 4.94. The molecule has 0 bridgehead atoms. The van der Waals surface area contributed by atoms with Gasteiger partial charge in [0, 0.05) is 11.6 Å². The number of carbonyl (C=O) groups excluding carboxylic acids is 1. The van der Waals surface area contributed by atoms with E-state index in [1.807, 2.05) is 6.07 Å². The molecule has 0 saturated heterocycles. The summed E-state index contributed by atoms with van der Waals surface area (Å²) >= 11 is 6.01. The van der Waals surface area contributed by atoms with Gasteiger partial charge >= 0.3 is 0 Å². The van der Waals surface area contributed by atoms with Gasteiger partial charge in [0.1, 0.15) is 5.75 Å². The first-order chi connectivity index (χ1) is 8.15. The smallest absolute Gasteiger partial charge is 0.227 e. The Hall–Kier alpha value is -1.26. The summed E-state index contributed by atoms with van der Waals surface area (Å²) in [5.74, 6) is 0.593. The number of hydrogen-bond acceptors (Lipinski definition) is 3. The zero-order valence-electron chi connectivity index (χ0n) is 9.63. The van der Waals surface area contributed by atoms with Gasteiger partial charge in [-0.2, -0.15) is 0 Å². The highest BCUT2D eigenvalue weighted by molar-refractivity contribution is 6.32. The molecule has 0 spiro atoms. The average molecular weight is 255 g/mol. The Labute approximate surface area is 105 Å². The van der Waals surface area contributed by atoms with Crippen LogP contribution in [0.3, 0.4) is 0 Å². The Morgan fingerprint density at radius 3 is 3.00 bits per heavy atom. The van der Waals surface area contributed by atoms with E-state index in [-0.39, 0.29) is 11.8 Å². The number of nitrogens with two attached hydrogens (primary N) is 1. The first-order valence-electron chi connectivity index (χ1n) is 5.53. The van der Waals surface area contributed by atoms with Gasteiger partial charge in [0.05, 0.1) is 12.1 Å². The van der Waals surface area contributed by atoms with Crippen LogP contribution in [0, 0.1) is 5.92 Å². The molecule has 1 aliphatic rings. The lowest BCUT2D eigenvalue weighted by Gasteiger charge is -2.25. The van der Waals surface area contributed by atoms with Gasteiger partial charge in [-0.25, -0.2) is 0 Å². The molecule has 5 heteroatoms. The number of hydrogen-bond donors (Lipinski definition) is 2. The van der Waals surface area contributed by atoms with Crippen LogP contribution in [0.4, 0.5) is 5.69 Å². The third-order valence-electron chi connectivity index (χ3n) is 2.99. The number of halogens is 1. The maximum Gasteiger partial charge on any atom is 0.227 e. The van der Waals surface area contributed by atoms with Crippen molar-refractivity contribution in [2.45, 2.75) is 12.8 Å². The minimum Gasteiger partial charge on any atom is -0.495 e. The van der Waals surface area contributed by atoms with Crippen molar-refractivity contribution in [3.8, 4) is 5.75 Å². The van der Waals surface area contributed by atoms with E-state index in [9.17, 15) is 4.79 Å². The van der Waals surface area contributed by atoms with E-state index in [2.05, 4.69) is 5.32 Å². The fraction of sp³-hybridized carbons (Fsp3) is 0.417.